The number of ketones is 1. The number of nitrogens with one attached hydrogen (secondary N) is 1. The highest BCUT2D eigenvalue weighted by Gasteiger charge is 2.17. The van der Waals surface area contributed by atoms with Crippen LogP contribution in [0.25, 0.3) is 11.3 Å². The lowest BCUT2D eigenvalue weighted by molar-refractivity contribution is -0.121. The number of amides is 1. The molecule has 1 heterocycles. The zero-order chi connectivity index (χ0) is 21.0. The number of aromatic nitrogens is 1. The van der Waals surface area contributed by atoms with Crippen LogP contribution >= 0.6 is 0 Å². The predicted octanol–water partition coefficient (Wildman–Crippen LogP) is 4.82. The summed E-state index contributed by atoms with van der Waals surface area (Å²) in [6, 6.07) is 15.9. The van der Waals surface area contributed by atoms with Crippen molar-refractivity contribution in [3.05, 3.63) is 82.8 Å². The van der Waals surface area contributed by atoms with Crippen LogP contribution in [0.5, 0.6) is 0 Å². The average Bonchev–Trinajstić information content (AvgIpc) is 3.03. The summed E-state index contributed by atoms with van der Waals surface area (Å²) in [4.78, 5) is 24.4. The zero-order valence-electron chi connectivity index (χ0n) is 17.0. The van der Waals surface area contributed by atoms with E-state index in [0.717, 1.165) is 28.1 Å². The smallest absolute Gasteiger partial charge is 0.222 e. The van der Waals surface area contributed by atoms with Crippen molar-refractivity contribution in [2.24, 2.45) is 0 Å². The Kier molecular flexibility index (Phi) is 6.27. The number of rotatable bonds is 7. The molecule has 3 aromatic rings. The van der Waals surface area contributed by atoms with Gasteiger partial charge in [-0.2, -0.15) is 0 Å². The lowest BCUT2D eigenvalue weighted by Gasteiger charge is -2.13. The first-order valence-corrected chi connectivity index (χ1v) is 9.65. The molecule has 2 aromatic carbocycles. The SMILES string of the molecule is CC(=O)c1cc(-c2ccc(F)cc2)n(CCC(=O)NCc2ccccc2C)c1C. The number of halogens is 1. The lowest BCUT2D eigenvalue weighted by atomic mass is 10.1. The van der Waals surface area contributed by atoms with Crippen molar-refractivity contribution in [1.82, 2.24) is 9.88 Å². The Morgan fingerprint density at radius 2 is 1.72 bits per heavy atom. The number of carbonyl (C=O) groups is 2. The Bertz CT molecular complexity index is 1040. The van der Waals surface area contributed by atoms with E-state index in [-0.39, 0.29) is 23.9 Å². The van der Waals surface area contributed by atoms with Crippen LogP contribution in [0.2, 0.25) is 0 Å². The van der Waals surface area contributed by atoms with E-state index in [1.54, 1.807) is 12.1 Å². The lowest BCUT2D eigenvalue weighted by Crippen LogP contribution is -2.24. The molecule has 1 N–H and O–H groups in total. The second-order valence-electron chi connectivity index (χ2n) is 7.20. The van der Waals surface area contributed by atoms with Crippen LogP contribution in [0.15, 0.2) is 54.6 Å². The molecule has 1 aromatic heterocycles. The molecule has 0 bridgehead atoms. The van der Waals surface area contributed by atoms with E-state index in [0.29, 0.717) is 18.7 Å². The first-order valence-electron chi connectivity index (χ1n) is 9.65. The molecule has 150 valence electrons. The summed E-state index contributed by atoms with van der Waals surface area (Å²) in [5.41, 5.74) is 5.26. The highest BCUT2D eigenvalue weighted by Crippen LogP contribution is 2.27. The van der Waals surface area contributed by atoms with Gasteiger partial charge in [-0.25, -0.2) is 4.39 Å². The third-order valence-electron chi connectivity index (χ3n) is 5.19. The van der Waals surface area contributed by atoms with Crippen LogP contribution in [-0.4, -0.2) is 16.3 Å². The second kappa shape index (κ2) is 8.86. The highest BCUT2D eigenvalue weighted by atomic mass is 19.1. The van der Waals surface area contributed by atoms with Crippen molar-refractivity contribution in [2.45, 2.75) is 40.3 Å². The standard InChI is InChI=1S/C24H25FN2O2/c1-16-6-4-5-7-20(16)15-26-24(29)12-13-27-17(2)22(18(3)28)14-23(27)19-8-10-21(25)11-9-19/h4-11,14H,12-13,15H2,1-3H3,(H,26,29). The predicted molar refractivity (Wildman–Crippen MR) is 112 cm³/mol. The van der Waals surface area contributed by atoms with Crippen LogP contribution in [0, 0.1) is 19.7 Å². The summed E-state index contributed by atoms with van der Waals surface area (Å²) in [6.07, 6.45) is 0.285. The quantitative estimate of drug-likeness (QED) is 0.586. The van der Waals surface area contributed by atoms with Crippen molar-refractivity contribution in [1.29, 1.82) is 0 Å². The van der Waals surface area contributed by atoms with Gasteiger partial charge in [0.25, 0.3) is 0 Å². The molecule has 29 heavy (non-hydrogen) atoms. The van der Waals surface area contributed by atoms with E-state index >= 15 is 0 Å². The molecule has 0 spiro atoms. The maximum atomic E-state index is 13.3. The van der Waals surface area contributed by atoms with E-state index in [1.165, 1.54) is 19.1 Å². The first kappa shape index (κ1) is 20.5. The minimum absolute atomic E-state index is 0.0337. The maximum absolute atomic E-state index is 13.3. The zero-order valence-corrected chi connectivity index (χ0v) is 17.0. The summed E-state index contributed by atoms with van der Waals surface area (Å²) in [5.74, 6) is -0.407. The van der Waals surface area contributed by atoms with Crippen LogP contribution in [0.1, 0.15) is 40.5 Å². The Balaban J connectivity index is 1.75. The maximum Gasteiger partial charge on any atom is 0.222 e. The van der Waals surface area contributed by atoms with Gasteiger partial charge in [-0.3, -0.25) is 9.59 Å². The van der Waals surface area contributed by atoms with Crippen molar-refractivity contribution >= 4 is 11.7 Å². The Hall–Kier alpha value is -3.21. The van der Waals surface area contributed by atoms with Gasteiger partial charge in [-0.1, -0.05) is 24.3 Å². The summed E-state index contributed by atoms with van der Waals surface area (Å²) in [7, 11) is 0. The Morgan fingerprint density at radius 3 is 2.38 bits per heavy atom. The fraction of sp³-hybridized carbons (Fsp3) is 0.250. The van der Waals surface area contributed by atoms with Gasteiger partial charge in [0.15, 0.2) is 5.78 Å². The molecule has 3 rings (SSSR count). The molecule has 0 aliphatic carbocycles. The topological polar surface area (TPSA) is 51.1 Å². The van der Waals surface area contributed by atoms with Gasteiger partial charge in [-0.15, -0.1) is 0 Å². The van der Waals surface area contributed by atoms with E-state index in [4.69, 9.17) is 0 Å². The van der Waals surface area contributed by atoms with Gasteiger partial charge in [0.1, 0.15) is 5.82 Å². The molecule has 0 aliphatic rings. The van der Waals surface area contributed by atoms with Gasteiger partial charge in [0.2, 0.25) is 5.91 Å². The second-order valence-corrected chi connectivity index (χ2v) is 7.20. The third-order valence-corrected chi connectivity index (χ3v) is 5.19. The van der Waals surface area contributed by atoms with Gasteiger partial charge in [0.05, 0.1) is 0 Å². The molecule has 0 saturated heterocycles. The van der Waals surface area contributed by atoms with Gasteiger partial charge in [-0.05, 0) is 67.8 Å². The number of carbonyl (C=O) groups excluding carboxylic acids is 2. The number of hydrogen-bond acceptors (Lipinski definition) is 2. The summed E-state index contributed by atoms with van der Waals surface area (Å²) >= 11 is 0. The Morgan fingerprint density at radius 1 is 1.03 bits per heavy atom. The van der Waals surface area contributed by atoms with E-state index in [2.05, 4.69) is 5.32 Å². The van der Waals surface area contributed by atoms with Gasteiger partial charge >= 0.3 is 0 Å². The fourth-order valence-electron chi connectivity index (χ4n) is 3.45. The average molecular weight is 392 g/mol. The molecule has 0 saturated carbocycles. The van der Waals surface area contributed by atoms with E-state index in [1.807, 2.05) is 48.7 Å². The van der Waals surface area contributed by atoms with E-state index < -0.39 is 0 Å². The molecule has 0 atom stereocenters. The van der Waals surface area contributed by atoms with Crippen molar-refractivity contribution in [3.63, 3.8) is 0 Å². The molecule has 0 radical (unpaired) electrons. The van der Waals surface area contributed by atoms with Crippen LogP contribution in [-0.2, 0) is 17.9 Å². The van der Waals surface area contributed by atoms with Crippen LogP contribution < -0.4 is 5.32 Å². The minimum Gasteiger partial charge on any atom is -0.352 e. The number of hydrogen-bond donors (Lipinski definition) is 1. The molecular weight excluding hydrogens is 367 g/mol. The number of aryl methyl sites for hydroxylation is 1. The summed E-state index contributed by atoms with van der Waals surface area (Å²) in [6.45, 7) is 6.33. The molecule has 0 fully saturated rings. The number of benzene rings is 2. The van der Waals surface area contributed by atoms with Crippen LogP contribution in [0.4, 0.5) is 4.39 Å². The molecule has 1 amide bonds. The first-order chi connectivity index (χ1) is 13.9. The molecule has 4 nitrogen and oxygen atoms in total. The van der Waals surface area contributed by atoms with Crippen LogP contribution in [0.3, 0.4) is 0 Å². The number of nitrogens with zero attached hydrogens (tertiary/aromatic N) is 1. The normalized spacial score (nSPS) is 10.8. The summed E-state index contributed by atoms with van der Waals surface area (Å²) < 4.78 is 15.3. The number of Topliss-reactive ketones (excluding diaryl/α,β-unsaturated/α-hetero) is 1. The Labute approximate surface area is 170 Å². The monoisotopic (exact) mass is 392 g/mol. The van der Waals surface area contributed by atoms with Gasteiger partial charge < -0.3 is 9.88 Å². The van der Waals surface area contributed by atoms with Crippen molar-refractivity contribution < 1.29 is 14.0 Å². The molecular formula is C24H25FN2O2. The fourth-order valence-corrected chi connectivity index (χ4v) is 3.45. The molecule has 0 unspecified atom stereocenters. The van der Waals surface area contributed by atoms with E-state index in [9.17, 15) is 14.0 Å². The molecule has 5 heteroatoms. The minimum atomic E-state index is -0.314. The van der Waals surface area contributed by atoms with Gasteiger partial charge in [0, 0.05) is 36.5 Å². The van der Waals surface area contributed by atoms with Crippen molar-refractivity contribution in [2.75, 3.05) is 0 Å². The summed E-state index contributed by atoms with van der Waals surface area (Å²) in [5, 5.41) is 2.96. The highest BCUT2D eigenvalue weighted by molar-refractivity contribution is 5.96. The molecule has 0 aliphatic heterocycles. The third kappa shape index (κ3) is 4.80. The largest absolute Gasteiger partial charge is 0.352 e. The van der Waals surface area contributed by atoms with Crippen molar-refractivity contribution in [3.8, 4) is 11.3 Å².